The molecular formula is C14H22N2. The number of hydrogen-bond donors (Lipinski definition) is 1. The molecule has 0 saturated heterocycles. The Labute approximate surface area is 98.7 Å². The summed E-state index contributed by atoms with van der Waals surface area (Å²) in [7, 11) is 2.00. The summed E-state index contributed by atoms with van der Waals surface area (Å²) in [5.41, 5.74) is 6.54. The van der Waals surface area contributed by atoms with Gasteiger partial charge < -0.3 is 10.3 Å². The lowest BCUT2D eigenvalue weighted by atomic mass is 10.2. The minimum Gasteiger partial charge on any atom is -0.357 e. The van der Waals surface area contributed by atoms with Crippen LogP contribution in [0.15, 0.2) is 54.9 Å². The largest absolute Gasteiger partial charge is 0.357 e. The van der Waals surface area contributed by atoms with Gasteiger partial charge in [0.2, 0.25) is 0 Å². The SMILES string of the molecule is CC.Cn1cccc1.NCc1ccccc1. The van der Waals surface area contributed by atoms with E-state index in [1.54, 1.807) is 0 Å². The number of benzene rings is 1. The summed E-state index contributed by atoms with van der Waals surface area (Å²) in [5.74, 6) is 0. The van der Waals surface area contributed by atoms with Gasteiger partial charge in [-0.1, -0.05) is 44.2 Å². The standard InChI is InChI=1S/C7H9N.C5H7N.C2H6/c8-6-7-4-2-1-3-5-7;1-6-4-2-3-5-6;1-2/h1-5H,6,8H2;2-5H,1H3;1-2H3. The monoisotopic (exact) mass is 218 g/mol. The van der Waals surface area contributed by atoms with E-state index >= 15 is 0 Å². The first-order chi connectivity index (χ1) is 7.83. The maximum atomic E-state index is 5.35. The predicted molar refractivity (Wildman–Crippen MR) is 71.1 cm³/mol. The first-order valence-corrected chi connectivity index (χ1v) is 5.64. The van der Waals surface area contributed by atoms with Gasteiger partial charge in [0.1, 0.15) is 0 Å². The molecule has 0 atom stereocenters. The molecule has 2 heteroatoms. The molecule has 1 heterocycles. The van der Waals surface area contributed by atoms with E-state index in [-0.39, 0.29) is 0 Å². The Hall–Kier alpha value is -1.54. The molecular weight excluding hydrogens is 196 g/mol. The van der Waals surface area contributed by atoms with Crippen LogP contribution in [0.2, 0.25) is 0 Å². The lowest BCUT2D eigenvalue weighted by Gasteiger charge is -1.90. The summed E-state index contributed by atoms with van der Waals surface area (Å²) in [6, 6.07) is 14.0. The molecule has 0 fully saturated rings. The fourth-order valence-corrected chi connectivity index (χ4v) is 1.03. The van der Waals surface area contributed by atoms with E-state index in [0.717, 1.165) is 0 Å². The summed E-state index contributed by atoms with van der Waals surface area (Å²) in [6.07, 6.45) is 4.00. The van der Waals surface area contributed by atoms with Crippen LogP contribution < -0.4 is 5.73 Å². The van der Waals surface area contributed by atoms with Crippen LogP contribution in [-0.2, 0) is 13.6 Å². The Morgan fingerprint density at radius 3 is 1.69 bits per heavy atom. The third-order valence-electron chi connectivity index (χ3n) is 1.83. The second-order valence-corrected chi connectivity index (χ2v) is 3.04. The van der Waals surface area contributed by atoms with Gasteiger partial charge in [0.05, 0.1) is 0 Å². The summed E-state index contributed by atoms with van der Waals surface area (Å²) in [4.78, 5) is 0. The van der Waals surface area contributed by atoms with Crippen LogP contribution in [0.25, 0.3) is 0 Å². The summed E-state index contributed by atoms with van der Waals surface area (Å²) >= 11 is 0. The lowest BCUT2D eigenvalue weighted by molar-refractivity contribution is 0.928. The first kappa shape index (κ1) is 14.5. The van der Waals surface area contributed by atoms with Crippen molar-refractivity contribution in [2.24, 2.45) is 12.8 Å². The van der Waals surface area contributed by atoms with Crippen molar-refractivity contribution >= 4 is 0 Å². The number of nitrogens with two attached hydrogens (primary N) is 1. The molecule has 0 unspecified atom stereocenters. The number of aryl methyl sites for hydroxylation is 1. The molecule has 2 N–H and O–H groups in total. The molecule has 0 saturated carbocycles. The van der Waals surface area contributed by atoms with E-state index in [1.807, 2.05) is 80.3 Å². The highest BCUT2D eigenvalue weighted by atomic mass is 14.9. The Morgan fingerprint density at radius 2 is 1.44 bits per heavy atom. The maximum absolute atomic E-state index is 5.35. The predicted octanol–water partition coefficient (Wildman–Crippen LogP) is 3.20. The van der Waals surface area contributed by atoms with Crippen LogP contribution in [0, 0.1) is 0 Å². The van der Waals surface area contributed by atoms with Crippen LogP contribution >= 0.6 is 0 Å². The average Bonchev–Trinajstić information content (AvgIpc) is 2.85. The molecule has 1 aromatic heterocycles. The van der Waals surface area contributed by atoms with Gasteiger partial charge in [-0.3, -0.25) is 0 Å². The van der Waals surface area contributed by atoms with Crippen LogP contribution in [0.3, 0.4) is 0 Å². The van der Waals surface area contributed by atoms with E-state index in [1.165, 1.54) is 5.56 Å². The Balaban J connectivity index is 0.000000251. The van der Waals surface area contributed by atoms with Gasteiger partial charge in [0.15, 0.2) is 0 Å². The number of hydrogen-bond acceptors (Lipinski definition) is 1. The minimum absolute atomic E-state index is 0.640. The minimum atomic E-state index is 0.640. The van der Waals surface area contributed by atoms with Gasteiger partial charge in [0.25, 0.3) is 0 Å². The molecule has 2 aromatic rings. The molecule has 1 aromatic carbocycles. The molecule has 0 amide bonds. The van der Waals surface area contributed by atoms with Gasteiger partial charge in [-0.15, -0.1) is 0 Å². The van der Waals surface area contributed by atoms with Crippen LogP contribution in [0.5, 0.6) is 0 Å². The quantitative estimate of drug-likeness (QED) is 0.783. The van der Waals surface area contributed by atoms with Crippen molar-refractivity contribution in [1.29, 1.82) is 0 Å². The number of rotatable bonds is 1. The van der Waals surface area contributed by atoms with Crippen molar-refractivity contribution in [1.82, 2.24) is 4.57 Å². The van der Waals surface area contributed by atoms with E-state index in [0.29, 0.717) is 6.54 Å². The molecule has 0 bridgehead atoms. The topological polar surface area (TPSA) is 30.9 Å². The van der Waals surface area contributed by atoms with Gasteiger partial charge >= 0.3 is 0 Å². The molecule has 16 heavy (non-hydrogen) atoms. The average molecular weight is 218 g/mol. The lowest BCUT2D eigenvalue weighted by Crippen LogP contribution is -1.94. The maximum Gasteiger partial charge on any atom is 0.0178 e. The second-order valence-electron chi connectivity index (χ2n) is 3.04. The third-order valence-corrected chi connectivity index (χ3v) is 1.83. The second kappa shape index (κ2) is 9.99. The van der Waals surface area contributed by atoms with Gasteiger partial charge in [-0.2, -0.15) is 0 Å². The van der Waals surface area contributed by atoms with Crippen molar-refractivity contribution in [2.75, 3.05) is 0 Å². The van der Waals surface area contributed by atoms with E-state index < -0.39 is 0 Å². The van der Waals surface area contributed by atoms with Crippen molar-refractivity contribution in [3.63, 3.8) is 0 Å². The first-order valence-electron chi connectivity index (χ1n) is 5.64. The molecule has 0 aliphatic rings. The summed E-state index contributed by atoms with van der Waals surface area (Å²) < 4.78 is 2.00. The van der Waals surface area contributed by atoms with E-state index in [9.17, 15) is 0 Å². The zero-order valence-electron chi connectivity index (χ0n) is 10.4. The highest BCUT2D eigenvalue weighted by molar-refractivity contribution is 5.13. The Morgan fingerprint density at radius 1 is 0.938 bits per heavy atom. The molecule has 2 nitrogen and oxygen atoms in total. The zero-order chi connectivity index (χ0) is 12.2. The van der Waals surface area contributed by atoms with Crippen molar-refractivity contribution in [3.8, 4) is 0 Å². The number of aromatic nitrogens is 1. The smallest absolute Gasteiger partial charge is 0.0178 e. The van der Waals surface area contributed by atoms with E-state index in [4.69, 9.17) is 5.73 Å². The number of nitrogens with zero attached hydrogens (tertiary/aromatic N) is 1. The van der Waals surface area contributed by atoms with Crippen molar-refractivity contribution in [3.05, 3.63) is 60.4 Å². The normalized spacial score (nSPS) is 8.25. The fraction of sp³-hybridized carbons (Fsp3) is 0.286. The van der Waals surface area contributed by atoms with Gasteiger partial charge in [0, 0.05) is 26.0 Å². The van der Waals surface area contributed by atoms with Crippen LogP contribution in [0.4, 0.5) is 0 Å². The Kier molecular flexibility index (Phi) is 9.03. The summed E-state index contributed by atoms with van der Waals surface area (Å²) in [5, 5.41) is 0. The third kappa shape index (κ3) is 6.85. The molecule has 0 radical (unpaired) electrons. The van der Waals surface area contributed by atoms with E-state index in [2.05, 4.69) is 0 Å². The Bertz CT molecular complexity index is 325. The molecule has 0 aliphatic heterocycles. The van der Waals surface area contributed by atoms with Crippen molar-refractivity contribution < 1.29 is 0 Å². The van der Waals surface area contributed by atoms with Gasteiger partial charge in [-0.05, 0) is 17.7 Å². The van der Waals surface area contributed by atoms with Crippen LogP contribution in [-0.4, -0.2) is 4.57 Å². The molecule has 0 aliphatic carbocycles. The molecule has 2 rings (SSSR count). The van der Waals surface area contributed by atoms with Crippen LogP contribution in [0.1, 0.15) is 19.4 Å². The highest BCUT2D eigenvalue weighted by Gasteiger charge is 1.80. The van der Waals surface area contributed by atoms with Gasteiger partial charge in [-0.25, -0.2) is 0 Å². The zero-order valence-corrected chi connectivity index (χ0v) is 10.4. The van der Waals surface area contributed by atoms with Crippen molar-refractivity contribution in [2.45, 2.75) is 20.4 Å². The molecule has 88 valence electrons. The fourth-order valence-electron chi connectivity index (χ4n) is 1.03. The summed E-state index contributed by atoms with van der Waals surface area (Å²) in [6.45, 7) is 4.64. The highest BCUT2D eigenvalue weighted by Crippen LogP contribution is 1.94. The molecule has 0 spiro atoms.